The van der Waals surface area contributed by atoms with Crippen molar-refractivity contribution < 1.29 is 0 Å². The average Bonchev–Trinajstić information content (AvgIpc) is 2.86. The summed E-state index contributed by atoms with van der Waals surface area (Å²) in [5.74, 6) is 0.669. The van der Waals surface area contributed by atoms with Crippen molar-refractivity contribution in [1.82, 2.24) is 15.2 Å². The monoisotopic (exact) mass is 267 g/mol. The Bertz CT molecular complexity index is 374. The minimum Gasteiger partial charge on any atom is -0.317 e. The minimum absolute atomic E-state index is 0.0422. The summed E-state index contributed by atoms with van der Waals surface area (Å²) < 4.78 is 0. The van der Waals surface area contributed by atoms with Crippen molar-refractivity contribution in [3.8, 4) is 0 Å². The van der Waals surface area contributed by atoms with Crippen LogP contribution in [-0.2, 0) is 5.54 Å². The first-order valence-corrected chi connectivity index (χ1v) is 7.70. The maximum absolute atomic E-state index is 4.52. The fraction of sp³-hybridized carbons (Fsp3) is 0.786. The van der Waals surface area contributed by atoms with Gasteiger partial charge in [-0.05, 0) is 40.2 Å². The van der Waals surface area contributed by atoms with E-state index in [0.29, 0.717) is 18.0 Å². The van der Waals surface area contributed by atoms with E-state index in [2.05, 4.69) is 55.3 Å². The fourth-order valence-electron chi connectivity index (χ4n) is 3.21. The topological polar surface area (TPSA) is 28.2 Å². The van der Waals surface area contributed by atoms with E-state index in [1.165, 1.54) is 11.4 Å². The molecule has 1 saturated heterocycles. The molecule has 0 saturated carbocycles. The molecule has 0 amide bonds. The van der Waals surface area contributed by atoms with Crippen LogP contribution in [0.5, 0.6) is 0 Å². The van der Waals surface area contributed by atoms with Crippen molar-refractivity contribution in [2.45, 2.75) is 51.7 Å². The van der Waals surface area contributed by atoms with Crippen LogP contribution in [0.15, 0.2) is 11.6 Å². The number of hydrogen-bond donors (Lipinski definition) is 1. The number of aromatic nitrogens is 1. The molecule has 102 valence electrons. The van der Waals surface area contributed by atoms with Gasteiger partial charge in [0.15, 0.2) is 0 Å². The van der Waals surface area contributed by atoms with Crippen LogP contribution in [0.1, 0.15) is 39.1 Å². The lowest BCUT2D eigenvalue weighted by Gasteiger charge is -2.49. The number of thiazole rings is 1. The predicted molar refractivity (Wildman–Crippen MR) is 77.9 cm³/mol. The van der Waals surface area contributed by atoms with Gasteiger partial charge in [-0.3, -0.25) is 4.90 Å². The van der Waals surface area contributed by atoms with Crippen LogP contribution in [0, 0.1) is 5.92 Å². The molecule has 3 nitrogen and oxygen atoms in total. The van der Waals surface area contributed by atoms with Gasteiger partial charge in [-0.1, -0.05) is 6.92 Å². The van der Waals surface area contributed by atoms with Crippen molar-refractivity contribution >= 4 is 11.3 Å². The molecule has 0 bridgehead atoms. The van der Waals surface area contributed by atoms with Crippen LogP contribution in [0.25, 0.3) is 0 Å². The van der Waals surface area contributed by atoms with Crippen molar-refractivity contribution in [3.05, 3.63) is 16.6 Å². The fourth-order valence-corrected chi connectivity index (χ4v) is 3.99. The number of piperidine rings is 1. The molecule has 2 heterocycles. The summed E-state index contributed by atoms with van der Waals surface area (Å²) in [5, 5.41) is 6.75. The Morgan fingerprint density at radius 3 is 2.72 bits per heavy atom. The van der Waals surface area contributed by atoms with Crippen molar-refractivity contribution in [2.75, 3.05) is 13.6 Å². The van der Waals surface area contributed by atoms with Gasteiger partial charge in [0.2, 0.25) is 0 Å². The quantitative estimate of drug-likeness (QED) is 0.912. The lowest BCUT2D eigenvalue weighted by Crippen LogP contribution is -2.58. The van der Waals surface area contributed by atoms with E-state index in [-0.39, 0.29) is 5.54 Å². The molecular formula is C14H25N3S. The Balaban J connectivity index is 2.19. The van der Waals surface area contributed by atoms with Crippen molar-refractivity contribution in [1.29, 1.82) is 0 Å². The Labute approximate surface area is 115 Å². The van der Waals surface area contributed by atoms with E-state index >= 15 is 0 Å². The Morgan fingerprint density at radius 2 is 2.17 bits per heavy atom. The Kier molecular flexibility index (Phi) is 4.09. The molecule has 1 N–H and O–H groups in total. The second-order valence-corrected chi connectivity index (χ2v) is 6.77. The van der Waals surface area contributed by atoms with Gasteiger partial charge in [-0.15, -0.1) is 11.3 Å². The van der Waals surface area contributed by atoms with Gasteiger partial charge in [0.25, 0.3) is 0 Å². The van der Waals surface area contributed by atoms with Crippen molar-refractivity contribution in [2.24, 2.45) is 5.92 Å². The van der Waals surface area contributed by atoms with Crippen LogP contribution >= 0.6 is 11.3 Å². The molecule has 0 aromatic carbocycles. The van der Waals surface area contributed by atoms with E-state index in [4.69, 9.17) is 0 Å². The molecule has 2 rings (SSSR count). The lowest BCUT2D eigenvalue weighted by molar-refractivity contribution is 0.00346. The molecule has 0 aliphatic carbocycles. The number of hydrogen-bond acceptors (Lipinski definition) is 4. The summed E-state index contributed by atoms with van der Waals surface area (Å²) >= 11 is 1.76. The van der Waals surface area contributed by atoms with E-state index in [9.17, 15) is 0 Å². The van der Waals surface area contributed by atoms with Crippen LogP contribution in [-0.4, -0.2) is 35.6 Å². The minimum atomic E-state index is 0.0422. The zero-order valence-corrected chi connectivity index (χ0v) is 12.9. The highest BCUT2D eigenvalue weighted by Crippen LogP contribution is 2.36. The molecule has 1 fully saturated rings. The molecule has 1 aliphatic heterocycles. The zero-order chi connectivity index (χ0) is 13.3. The first-order valence-electron chi connectivity index (χ1n) is 6.82. The number of likely N-dealkylation sites (tertiary alicyclic amines) is 1. The molecule has 3 unspecified atom stereocenters. The summed E-state index contributed by atoms with van der Waals surface area (Å²) in [6, 6.07) is 1.22. The number of rotatable bonds is 3. The Hall–Kier alpha value is -0.450. The van der Waals surface area contributed by atoms with Gasteiger partial charge in [0.1, 0.15) is 5.01 Å². The SMILES string of the molecule is CNC1CCN(C(C)(C)c2nccs2)C(C)C1C. The van der Waals surface area contributed by atoms with Gasteiger partial charge >= 0.3 is 0 Å². The third-order valence-electron chi connectivity index (χ3n) is 4.61. The van der Waals surface area contributed by atoms with Gasteiger partial charge < -0.3 is 5.32 Å². The van der Waals surface area contributed by atoms with E-state index < -0.39 is 0 Å². The second-order valence-electron chi connectivity index (χ2n) is 5.87. The average molecular weight is 267 g/mol. The molecule has 3 atom stereocenters. The zero-order valence-electron chi connectivity index (χ0n) is 12.1. The van der Waals surface area contributed by atoms with Gasteiger partial charge in [-0.25, -0.2) is 4.98 Å². The van der Waals surface area contributed by atoms with Gasteiger partial charge in [0, 0.05) is 30.2 Å². The maximum Gasteiger partial charge on any atom is 0.112 e. The molecule has 4 heteroatoms. The first kappa shape index (κ1) is 14.0. The lowest BCUT2D eigenvalue weighted by atomic mass is 9.84. The summed E-state index contributed by atoms with van der Waals surface area (Å²) in [7, 11) is 2.08. The summed E-state index contributed by atoms with van der Waals surface area (Å²) in [6.07, 6.45) is 3.13. The summed E-state index contributed by atoms with van der Waals surface area (Å²) in [5.41, 5.74) is 0.0422. The Morgan fingerprint density at radius 1 is 1.44 bits per heavy atom. The second kappa shape index (κ2) is 5.27. The highest BCUT2D eigenvalue weighted by molar-refractivity contribution is 7.09. The number of nitrogens with zero attached hydrogens (tertiary/aromatic N) is 2. The van der Waals surface area contributed by atoms with Crippen LogP contribution in [0.3, 0.4) is 0 Å². The van der Waals surface area contributed by atoms with Gasteiger partial charge in [-0.2, -0.15) is 0 Å². The third kappa shape index (κ3) is 2.33. The molecule has 0 spiro atoms. The molecule has 1 aliphatic rings. The van der Waals surface area contributed by atoms with Crippen molar-refractivity contribution in [3.63, 3.8) is 0 Å². The summed E-state index contributed by atoms with van der Waals surface area (Å²) in [6.45, 7) is 10.5. The molecular weight excluding hydrogens is 242 g/mol. The molecule has 1 aromatic heterocycles. The third-order valence-corrected chi connectivity index (χ3v) is 5.70. The highest BCUT2D eigenvalue weighted by atomic mass is 32.1. The van der Waals surface area contributed by atoms with E-state index in [0.717, 1.165) is 6.54 Å². The van der Waals surface area contributed by atoms with Gasteiger partial charge in [0.05, 0.1) is 5.54 Å². The normalized spacial score (nSPS) is 30.6. The van der Waals surface area contributed by atoms with Crippen LogP contribution < -0.4 is 5.32 Å². The van der Waals surface area contributed by atoms with Crippen LogP contribution in [0.4, 0.5) is 0 Å². The molecule has 1 aromatic rings. The maximum atomic E-state index is 4.52. The van der Waals surface area contributed by atoms with E-state index in [1.807, 2.05) is 6.20 Å². The highest BCUT2D eigenvalue weighted by Gasteiger charge is 2.40. The summed E-state index contributed by atoms with van der Waals surface area (Å²) in [4.78, 5) is 7.14. The predicted octanol–water partition coefficient (Wildman–Crippen LogP) is 2.70. The van der Waals surface area contributed by atoms with Crippen LogP contribution in [0.2, 0.25) is 0 Å². The first-order chi connectivity index (χ1) is 8.48. The molecule has 0 radical (unpaired) electrons. The largest absolute Gasteiger partial charge is 0.317 e. The number of nitrogens with one attached hydrogen (secondary N) is 1. The smallest absolute Gasteiger partial charge is 0.112 e. The van der Waals surface area contributed by atoms with E-state index in [1.54, 1.807) is 11.3 Å². The standard InChI is InChI=1S/C14H25N3S/c1-10-11(2)17(8-6-12(10)15-5)14(3,4)13-16-7-9-18-13/h7,9-12,15H,6,8H2,1-5H3. The molecule has 18 heavy (non-hydrogen) atoms.